The van der Waals surface area contributed by atoms with Crippen LogP contribution < -0.4 is 10.6 Å². The first-order chi connectivity index (χ1) is 19.6. The van der Waals surface area contributed by atoms with Crippen molar-refractivity contribution < 1.29 is 0 Å². The minimum atomic E-state index is 0.0910. The van der Waals surface area contributed by atoms with Crippen molar-refractivity contribution in [2.45, 2.75) is 85.7 Å². The van der Waals surface area contributed by atoms with Gasteiger partial charge in [0.2, 0.25) is 0 Å². The first-order valence-electron chi connectivity index (χ1n) is 15.0. The quantitative estimate of drug-likeness (QED) is 0.171. The van der Waals surface area contributed by atoms with E-state index in [-0.39, 0.29) is 6.04 Å². The second kappa shape index (κ2) is 18.6. The van der Waals surface area contributed by atoms with E-state index in [2.05, 4.69) is 129 Å². The van der Waals surface area contributed by atoms with Crippen molar-refractivity contribution in [2.75, 3.05) is 6.54 Å². The zero-order chi connectivity index (χ0) is 30.0. The number of tetrazole rings is 1. The number of hydrogen-bond acceptors (Lipinski definition) is 5. The van der Waals surface area contributed by atoms with Gasteiger partial charge in [0, 0.05) is 23.9 Å². The highest BCUT2D eigenvalue weighted by Crippen LogP contribution is 2.16. The summed E-state index contributed by atoms with van der Waals surface area (Å²) in [5, 5.41) is 19.5. The lowest BCUT2D eigenvalue weighted by molar-refractivity contribution is 0.458. The van der Waals surface area contributed by atoms with Crippen LogP contribution in [0.2, 0.25) is 0 Å². The number of allylic oxidation sites excluding steroid dienone is 1. The number of benzene rings is 2. The zero-order valence-electron chi connectivity index (χ0n) is 26.1. The molecule has 0 aliphatic heterocycles. The van der Waals surface area contributed by atoms with Crippen molar-refractivity contribution in [1.29, 1.82) is 0 Å². The molecule has 0 radical (unpaired) electrons. The highest BCUT2D eigenvalue weighted by molar-refractivity contribution is 5.17. The largest absolute Gasteiger partial charge is 0.383 e. The molecule has 0 fully saturated rings. The maximum absolute atomic E-state index is 4.41. The second-order valence-electron chi connectivity index (χ2n) is 11.9. The van der Waals surface area contributed by atoms with Crippen LogP contribution in [-0.2, 0) is 25.8 Å². The van der Waals surface area contributed by atoms with E-state index in [1.807, 2.05) is 16.8 Å². The maximum atomic E-state index is 4.41. The number of aryl methyl sites for hydroxylation is 3. The lowest BCUT2D eigenvalue weighted by atomic mass is 9.97. The summed E-state index contributed by atoms with van der Waals surface area (Å²) in [5.41, 5.74) is 5.64. The van der Waals surface area contributed by atoms with Gasteiger partial charge >= 0.3 is 0 Å². The van der Waals surface area contributed by atoms with Gasteiger partial charge in [-0.25, -0.2) is 4.68 Å². The Hall–Kier alpha value is -3.67. The fraction of sp³-hybridized carbons (Fsp3) is 0.457. The molecule has 2 N–H and O–H groups in total. The minimum absolute atomic E-state index is 0.0910. The van der Waals surface area contributed by atoms with Crippen LogP contribution >= 0.6 is 0 Å². The van der Waals surface area contributed by atoms with E-state index in [0.29, 0.717) is 19.0 Å². The fourth-order valence-corrected chi connectivity index (χ4v) is 4.28. The number of nitrogens with one attached hydrogen (secondary N) is 2. The van der Waals surface area contributed by atoms with E-state index in [0.717, 1.165) is 67.2 Å². The molecule has 0 bridgehead atoms. The van der Waals surface area contributed by atoms with E-state index in [1.165, 1.54) is 11.1 Å². The van der Waals surface area contributed by atoms with E-state index in [4.69, 9.17) is 0 Å². The number of nitrogens with zero attached hydrogens (tertiary/aromatic N) is 4. The third kappa shape index (κ3) is 14.5. The van der Waals surface area contributed by atoms with Gasteiger partial charge in [-0.1, -0.05) is 115 Å². The van der Waals surface area contributed by atoms with Crippen molar-refractivity contribution in [2.24, 2.45) is 11.8 Å². The molecular formula is C35H52N6. The summed E-state index contributed by atoms with van der Waals surface area (Å²) < 4.78 is 1.88. The average molecular weight is 557 g/mol. The Morgan fingerprint density at radius 2 is 1.39 bits per heavy atom. The Balaban J connectivity index is 0.00000138. The summed E-state index contributed by atoms with van der Waals surface area (Å²) in [6.07, 6.45) is 5.67. The van der Waals surface area contributed by atoms with Crippen molar-refractivity contribution in [3.05, 3.63) is 114 Å². The maximum Gasteiger partial charge on any atom is 0.151 e. The van der Waals surface area contributed by atoms with Crippen molar-refractivity contribution in [3.63, 3.8) is 0 Å². The predicted molar refractivity (Wildman–Crippen MR) is 173 cm³/mol. The molecule has 0 spiro atoms. The van der Waals surface area contributed by atoms with E-state index in [9.17, 15) is 0 Å². The van der Waals surface area contributed by atoms with Gasteiger partial charge in [0.1, 0.15) is 0 Å². The van der Waals surface area contributed by atoms with Gasteiger partial charge in [-0.3, -0.25) is 0 Å². The third-order valence-electron chi connectivity index (χ3n) is 6.36. The van der Waals surface area contributed by atoms with Crippen LogP contribution in [0.5, 0.6) is 0 Å². The third-order valence-corrected chi connectivity index (χ3v) is 6.36. The molecule has 6 heteroatoms. The number of aromatic nitrogens is 4. The smallest absolute Gasteiger partial charge is 0.151 e. The van der Waals surface area contributed by atoms with Crippen molar-refractivity contribution >= 4 is 0 Å². The SMILES string of the molecule is C=C(CCc1ccccc1)NCC(=C)N[C@@H](CC(C)C)C(=C)Cn1nnnc1CCCc1ccccc1.CC(C)C. The predicted octanol–water partition coefficient (Wildman–Crippen LogP) is 7.32. The lowest BCUT2D eigenvalue weighted by Crippen LogP contribution is -2.36. The normalized spacial score (nSPS) is 11.5. The Kier molecular flexibility index (Phi) is 15.2. The molecule has 0 aliphatic rings. The van der Waals surface area contributed by atoms with E-state index >= 15 is 0 Å². The zero-order valence-corrected chi connectivity index (χ0v) is 26.1. The van der Waals surface area contributed by atoms with Crippen molar-refractivity contribution in [3.8, 4) is 0 Å². The molecule has 3 aromatic rings. The Labute approximate surface area is 249 Å². The first-order valence-corrected chi connectivity index (χ1v) is 15.0. The Bertz CT molecular complexity index is 1160. The fourth-order valence-electron chi connectivity index (χ4n) is 4.28. The van der Waals surface area contributed by atoms with Gasteiger partial charge in [-0.2, -0.15) is 0 Å². The summed E-state index contributed by atoms with van der Waals surface area (Å²) >= 11 is 0. The summed E-state index contributed by atoms with van der Waals surface area (Å²) in [4.78, 5) is 0. The molecule has 1 aromatic heterocycles. The summed E-state index contributed by atoms with van der Waals surface area (Å²) in [6, 6.07) is 21.1. The molecule has 0 saturated carbocycles. The van der Waals surface area contributed by atoms with E-state index < -0.39 is 0 Å². The summed E-state index contributed by atoms with van der Waals surface area (Å²) in [6.45, 7) is 25.0. The summed E-state index contributed by atoms with van der Waals surface area (Å²) in [5.74, 6) is 2.24. The standard InChI is InChI=1S/C31H42N6.C4H10/c1-24(2)21-30(33-27(5)22-32-26(4)19-20-29-15-10-7-11-16-29)25(3)23-37-31(34-35-36-37)18-12-17-28-13-8-6-9-14-28;1-4(2)3/h6-11,13-16,24,30,32-33H,3-5,12,17-23H2,1-2H3;4H,1-3H3/t30-;/m0./s1. The van der Waals surface area contributed by atoms with Gasteiger partial charge in [0.05, 0.1) is 13.1 Å². The molecule has 0 unspecified atom stereocenters. The van der Waals surface area contributed by atoms with Gasteiger partial charge in [0.15, 0.2) is 5.82 Å². The molecule has 0 aliphatic carbocycles. The van der Waals surface area contributed by atoms with Crippen LogP contribution in [-0.4, -0.2) is 32.8 Å². The topological polar surface area (TPSA) is 67.7 Å². The molecule has 1 heterocycles. The van der Waals surface area contributed by atoms with Crippen molar-refractivity contribution in [1.82, 2.24) is 30.8 Å². The number of hydrogen-bond donors (Lipinski definition) is 2. The second-order valence-corrected chi connectivity index (χ2v) is 11.9. The Morgan fingerprint density at radius 1 is 0.805 bits per heavy atom. The molecular weight excluding hydrogens is 504 g/mol. The highest BCUT2D eigenvalue weighted by atomic mass is 15.5. The molecule has 2 aromatic carbocycles. The molecule has 1 atom stereocenters. The highest BCUT2D eigenvalue weighted by Gasteiger charge is 2.17. The van der Waals surface area contributed by atoms with Crippen LogP contribution in [0.15, 0.2) is 97.4 Å². The minimum Gasteiger partial charge on any atom is -0.383 e. The molecule has 3 rings (SSSR count). The van der Waals surface area contributed by atoms with Crippen LogP contribution in [0.4, 0.5) is 0 Å². The van der Waals surface area contributed by atoms with Gasteiger partial charge in [-0.05, 0) is 71.1 Å². The lowest BCUT2D eigenvalue weighted by Gasteiger charge is -2.26. The Morgan fingerprint density at radius 3 is 1.98 bits per heavy atom. The van der Waals surface area contributed by atoms with Gasteiger partial charge in [-0.15, -0.1) is 5.10 Å². The first kappa shape index (κ1) is 33.5. The molecule has 6 nitrogen and oxygen atoms in total. The van der Waals surface area contributed by atoms with E-state index in [1.54, 1.807) is 0 Å². The molecule has 41 heavy (non-hydrogen) atoms. The molecule has 0 amide bonds. The van der Waals surface area contributed by atoms with Gasteiger partial charge in [0.25, 0.3) is 0 Å². The van der Waals surface area contributed by atoms with Crippen LogP contribution in [0, 0.1) is 11.8 Å². The van der Waals surface area contributed by atoms with Crippen LogP contribution in [0.1, 0.15) is 70.8 Å². The van der Waals surface area contributed by atoms with Crippen LogP contribution in [0.25, 0.3) is 0 Å². The average Bonchev–Trinajstić information content (AvgIpc) is 3.37. The molecule has 222 valence electrons. The number of rotatable bonds is 17. The monoisotopic (exact) mass is 556 g/mol. The van der Waals surface area contributed by atoms with Gasteiger partial charge < -0.3 is 10.6 Å². The van der Waals surface area contributed by atoms with Crippen LogP contribution in [0.3, 0.4) is 0 Å². The summed E-state index contributed by atoms with van der Waals surface area (Å²) in [7, 11) is 0. The molecule has 0 saturated heterocycles.